The van der Waals surface area contributed by atoms with Gasteiger partial charge < -0.3 is 14.4 Å². The summed E-state index contributed by atoms with van der Waals surface area (Å²) in [5.41, 5.74) is 0. The molecule has 2 rings (SSSR count). The number of likely N-dealkylation sites (tertiary alicyclic amines) is 1. The maximum absolute atomic E-state index is 12.4. The van der Waals surface area contributed by atoms with E-state index in [1.165, 1.54) is 0 Å². The van der Waals surface area contributed by atoms with E-state index in [0.717, 1.165) is 25.1 Å². The highest BCUT2D eigenvalue weighted by atomic mass is 16.5. The zero-order chi connectivity index (χ0) is 14.4. The van der Waals surface area contributed by atoms with Crippen molar-refractivity contribution in [2.24, 2.45) is 0 Å². The summed E-state index contributed by atoms with van der Waals surface area (Å²) < 4.78 is 11.3. The average Bonchev–Trinajstić information content (AvgIpc) is 2.48. The third kappa shape index (κ3) is 3.97. The fourth-order valence-electron chi connectivity index (χ4n) is 2.52. The van der Waals surface area contributed by atoms with Crippen molar-refractivity contribution in [3.8, 4) is 5.75 Å². The van der Waals surface area contributed by atoms with Crippen molar-refractivity contribution in [3.05, 3.63) is 30.3 Å². The molecule has 2 atom stereocenters. The second-order valence-electron chi connectivity index (χ2n) is 5.08. The zero-order valence-corrected chi connectivity index (χ0v) is 12.2. The highest BCUT2D eigenvalue weighted by Gasteiger charge is 2.27. The standard InChI is InChI=1S/C16H23NO3/c1-3-19-15-10-7-11-17(12-15)16(18)13(2)20-14-8-5-4-6-9-14/h4-6,8-9,13,15H,3,7,10-12H2,1-2H3. The Labute approximate surface area is 120 Å². The Bertz CT molecular complexity index is 419. The molecule has 4 nitrogen and oxygen atoms in total. The summed E-state index contributed by atoms with van der Waals surface area (Å²) in [6.07, 6.45) is 1.74. The lowest BCUT2D eigenvalue weighted by Gasteiger charge is -2.34. The smallest absolute Gasteiger partial charge is 0.263 e. The minimum atomic E-state index is -0.460. The van der Waals surface area contributed by atoms with Crippen LogP contribution in [0.2, 0.25) is 0 Å². The first kappa shape index (κ1) is 14.9. The Morgan fingerprint density at radius 1 is 1.40 bits per heavy atom. The van der Waals surface area contributed by atoms with Crippen molar-refractivity contribution in [1.82, 2.24) is 4.90 Å². The zero-order valence-electron chi connectivity index (χ0n) is 12.2. The number of hydrogen-bond donors (Lipinski definition) is 0. The quantitative estimate of drug-likeness (QED) is 0.830. The summed E-state index contributed by atoms with van der Waals surface area (Å²) in [6, 6.07) is 9.46. The first-order chi connectivity index (χ1) is 9.70. The second kappa shape index (κ2) is 7.29. The molecule has 0 bridgehead atoms. The first-order valence-corrected chi connectivity index (χ1v) is 7.32. The number of carbonyl (C=O) groups is 1. The number of piperidine rings is 1. The Hall–Kier alpha value is -1.55. The Morgan fingerprint density at radius 2 is 2.15 bits per heavy atom. The molecule has 1 fully saturated rings. The highest BCUT2D eigenvalue weighted by molar-refractivity contribution is 5.81. The van der Waals surface area contributed by atoms with Gasteiger partial charge in [0.15, 0.2) is 6.10 Å². The van der Waals surface area contributed by atoms with Gasteiger partial charge in [0.2, 0.25) is 0 Å². The topological polar surface area (TPSA) is 38.8 Å². The minimum absolute atomic E-state index is 0.0401. The Balaban J connectivity index is 1.89. The number of rotatable bonds is 5. The molecule has 4 heteroatoms. The average molecular weight is 277 g/mol. The number of para-hydroxylation sites is 1. The van der Waals surface area contributed by atoms with Gasteiger partial charge >= 0.3 is 0 Å². The number of benzene rings is 1. The van der Waals surface area contributed by atoms with E-state index < -0.39 is 6.10 Å². The van der Waals surface area contributed by atoms with Crippen LogP contribution in [0.1, 0.15) is 26.7 Å². The van der Waals surface area contributed by atoms with E-state index in [4.69, 9.17) is 9.47 Å². The van der Waals surface area contributed by atoms with E-state index >= 15 is 0 Å². The molecule has 1 aliphatic rings. The fraction of sp³-hybridized carbons (Fsp3) is 0.562. The molecule has 2 unspecified atom stereocenters. The van der Waals surface area contributed by atoms with Gasteiger partial charge in [0.25, 0.3) is 5.91 Å². The van der Waals surface area contributed by atoms with Gasteiger partial charge in [-0.15, -0.1) is 0 Å². The summed E-state index contributed by atoms with van der Waals surface area (Å²) in [6.45, 7) is 5.96. The second-order valence-corrected chi connectivity index (χ2v) is 5.08. The van der Waals surface area contributed by atoms with Gasteiger partial charge in [0.1, 0.15) is 5.75 Å². The molecule has 1 heterocycles. The lowest BCUT2D eigenvalue weighted by atomic mass is 10.1. The summed E-state index contributed by atoms with van der Waals surface area (Å²) in [4.78, 5) is 14.3. The van der Waals surface area contributed by atoms with E-state index in [1.807, 2.05) is 42.2 Å². The first-order valence-electron chi connectivity index (χ1n) is 7.32. The summed E-state index contributed by atoms with van der Waals surface area (Å²) in [5.74, 6) is 0.768. The number of carbonyl (C=O) groups excluding carboxylic acids is 1. The van der Waals surface area contributed by atoms with Crippen LogP contribution in [0.3, 0.4) is 0 Å². The number of ether oxygens (including phenoxy) is 2. The molecule has 1 aromatic carbocycles. The molecule has 1 amide bonds. The van der Waals surface area contributed by atoms with Crippen LogP contribution >= 0.6 is 0 Å². The van der Waals surface area contributed by atoms with Crippen LogP contribution < -0.4 is 4.74 Å². The normalized spacial score (nSPS) is 20.5. The van der Waals surface area contributed by atoms with E-state index in [2.05, 4.69) is 0 Å². The SMILES string of the molecule is CCOC1CCCN(C(=O)C(C)Oc2ccccc2)C1. The lowest BCUT2D eigenvalue weighted by Crippen LogP contribution is -2.48. The van der Waals surface area contributed by atoms with Crippen LogP contribution in [0, 0.1) is 0 Å². The van der Waals surface area contributed by atoms with Crippen LogP contribution in [-0.2, 0) is 9.53 Å². The molecule has 0 radical (unpaired) electrons. The van der Waals surface area contributed by atoms with Gasteiger partial charge in [-0.05, 0) is 38.8 Å². The summed E-state index contributed by atoms with van der Waals surface area (Å²) in [7, 11) is 0. The van der Waals surface area contributed by atoms with Crippen molar-refractivity contribution in [2.45, 2.75) is 38.9 Å². The Kier molecular flexibility index (Phi) is 5.41. The van der Waals surface area contributed by atoms with Crippen molar-refractivity contribution in [3.63, 3.8) is 0 Å². The third-order valence-corrected chi connectivity index (χ3v) is 3.50. The third-order valence-electron chi connectivity index (χ3n) is 3.50. The monoisotopic (exact) mass is 277 g/mol. The summed E-state index contributed by atoms with van der Waals surface area (Å²) in [5, 5.41) is 0. The van der Waals surface area contributed by atoms with E-state index in [0.29, 0.717) is 13.2 Å². The van der Waals surface area contributed by atoms with Crippen LogP contribution in [0.15, 0.2) is 30.3 Å². The lowest BCUT2D eigenvalue weighted by molar-refractivity contribution is -0.142. The minimum Gasteiger partial charge on any atom is -0.481 e. The van der Waals surface area contributed by atoms with E-state index in [1.54, 1.807) is 6.92 Å². The van der Waals surface area contributed by atoms with Gasteiger partial charge in [0, 0.05) is 19.7 Å². The molecule has 0 N–H and O–H groups in total. The maximum Gasteiger partial charge on any atom is 0.263 e. The highest BCUT2D eigenvalue weighted by Crippen LogP contribution is 2.16. The molecule has 0 spiro atoms. The molecule has 110 valence electrons. The predicted molar refractivity (Wildman–Crippen MR) is 77.8 cm³/mol. The van der Waals surface area contributed by atoms with Crippen molar-refractivity contribution >= 4 is 5.91 Å². The predicted octanol–water partition coefficient (Wildman–Crippen LogP) is 2.48. The molecular weight excluding hydrogens is 254 g/mol. The maximum atomic E-state index is 12.4. The largest absolute Gasteiger partial charge is 0.481 e. The molecule has 0 aromatic heterocycles. The van der Waals surface area contributed by atoms with Crippen molar-refractivity contribution in [1.29, 1.82) is 0 Å². The molecule has 0 aliphatic carbocycles. The van der Waals surface area contributed by atoms with Gasteiger partial charge in [-0.3, -0.25) is 4.79 Å². The molecule has 1 saturated heterocycles. The van der Waals surface area contributed by atoms with Gasteiger partial charge in [-0.2, -0.15) is 0 Å². The Morgan fingerprint density at radius 3 is 2.85 bits per heavy atom. The fourth-order valence-corrected chi connectivity index (χ4v) is 2.52. The number of nitrogens with zero attached hydrogens (tertiary/aromatic N) is 1. The molecule has 1 aromatic rings. The van der Waals surface area contributed by atoms with Crippen molar-refractivity contribution in [2.75, 3.05) is 19.7 Å². The van der Waals surface area contributed by atoms with Crippen LogP contribution in [0.5, 0.6) is 5.75 Å². The summed E-state index contributed by atoms with van der Waals surface area (Å²) >= 11 is 0. The van der Waals surface area contributed by atoms with Gasteiger partial charge in [-0.25, -0.2) is 0 Å². The van der Waals surface area contributed by atoms with Crippen LogP contribution in [0.4, 0.5) is 0 Å². The number of amides is 1. The van der Waals surface area contributed by atoms with Crippen LogP contribution in [-0.4, -0.2) is 42.7 Å². The molecule has 0 saturated carbocycles. The van der Waals surface area contributed by atoms with Crippen molar-refractivity contribution < 1.29 is 14.3 Å². The number of hydrogen-bond acceptors (Lipinski definition) is 3. The molecule has 20 heavy (non-hydrogen) atoms. The molecule has 1 aliphatic heterocycles. The van der Waals surface area contributed by atoms with Gasteiger partial charge in [-0.1, -0.05) is 18.2 Å². The van der Waals surface area contributed by atoms with Gasteiger partial charge in [0.05, 0.1) is 6.10 Å². The van der Waals surface area contributed by atoms with Crippen LogP contribution in [0.25, 0.3) is 0 Å². The molecular formula is C16H23NO3. The van der Waals surface area contributed by atoms with E-state index in [9.17, 15) is 4.79 Å². The van der Waals surface area contributed by atoms with E-state index in [-0.39, 0.29) is 12.0 Å².